The Balaban J connectivity index is 1.30. The van der Waals surface area contributed by atoms with E-state index < -0.39 is 0 Å². The summed E-state index contributed by atoms with van der Waals surface area (Å²) in [4.78, 5) is 37.8. The molecule has 1 fully saturated rings. The molecule has 1 aliphatic heterocycles. The third kappa shape index (κ3) is 5.05. The highest BCUT2D eigenvalue weighted by Crippen LogP contribution is 2.12. The van der Waals surface area contributed by atoms with Gasteiger partial charge in [0.2, 0.25) is 5.91 Å². The lowest BCUT2D eigenvalue weighted by Gasteiger charge is -2.35. The number of hydrogen-bond donors (Lipinski definition) is 0. The van der Waals surface area contributed by atoms with E-state index in [2.05, 4.69) is 51.2 Å². The number of piperazine rings is 1. The summed E-state index contributed by atoms with van der Waals surface area (Å²) in [6.45, 7) is 8.00. The lowest BCUT2D eigenvalue weighted by Crippen LogP contribution is -2.48. The zero-order valence-corrected chi connectivity index (χ0v) is 17.8. The first kappa shape index (κ1) is 20.9. The molecule has 0 bridgehead atoms. The van der Waals surface area contributed by atoms with Crippen LogP contribution in [0.25, 0.3) is 11.5 Å². The molecule has 162 valence electrons. The number of amides is 1. The monoisotopic (exact) mass is 422 g/mol. The molecule has 9 nitrogen and oxygen atoms in total. The highest BCUT2D eigenvalue weighted by Gasteiger charge is 2.21. The van der Waals surface area contributed by atoms with Gasteiger partial charge < -0.3 is 9.42 Å². The molecule has 0 atom stereocenters. The number of hydrogen-bond acceptors (Lipinski definition) is 7. The van der Waals surface area contributed by atoms with Crippen molar-refractivity contribution < 1.29 is 9.32 Å². The lowest BCUT2D eigenvalue weighted by molar-refractivity contribution is -0.133. The van der Waals surface area contributed by atoms with Gasteiger partial charge in [0, 0.05) is 51.9 Å². The van der Waals surface area contributed by atoms with Gasteiger partial charge in [-0.25, -0.2) is 4.98 Å². The van der Waals surface area contributed by atoms with E-state index in [0.717, 1.165) is 19.6 Å². The van der Waals surface area contributed by atoms with E-state index >= 15 is 0 Å². The van der Waals surface area contributed by atoms with Crippen LogP contribution in [0.3, 0.4) is 0 Å². The Morgan fingerprint density at radius 1 is 1.16 bits per heavy atom. The topological polar surface area (TPSA) is 97.4 Å². The predicted octanol–water partition coefficient (Wildman–Crippen LogP) is 1.64. The van der Waals surface area contributed by atoms with Crippen molar-refractivity contribution in [2.24, 2.45) is 0 Å². The van der Waals surface area contributed by atoms with Gasteiger partial charge in [0.15, 0.2) is 5.82 Å². The number of rotatable bonds is 6. The maximum absolute atomic E-state index is 12.7. The highest BCUT2D eigenvalue weighted by molar-refractivity contribution is 5.76. The summed E-state index contributed by atoms with van der Waals surface area (Å²) in [5, 5.41) is 3.71. The minimum absolute atomic E-state index is 0.0427. The van der Waals surface area contributed by atoms with Crippen molar-refractivity contribution in [3.05, 3.63) is 64.1 Å². The third-order valence-electron chi connectivity index (χ3n) is 5.44. The van der Waals surface area contributed by atoms with Gasteiger partial charge in [0.25, 0.3) is 11.4 Å². The molecular weight excluding hydrogens is 396 g/mol. The quantitative estimate of drug-likeness (QED) is 0.596. The second kappa shape index (κ2) is 9.22. The fraction of sp³-hybridized carbons (Fsp3) is 0.409. The normalized spacial score (nSPS) is 14.7. The number of aromatic nitrogens is 4. The van der Waals surface area contributed by atoms with Crippen LogP contribution in [0.15, 0.2) is 46.1 Å². The van der Waals surface area contributed by atoms with Gasteiger partial charge in [-0.05, 0) is 19.4 Å². The Morgan fingerprint density at radius 2 is 1.97 bits per heavy atom. The number of aryl methyl sites for hydroxylation is 3. The molecule has 0 spiro atoms. The molecule has 0 N–H and O–H groups in total. The largest absolute Gasteiger partial charge is 0.340 e. The summed E-state index contributed by atoms with van der Waals surface area (Å²) in [7, 11) is 0. The minimum Gasteiger partial charge on any atom is -0.340 e. The van der Waals surface area contributed by atoms with E-state index in [1.165, 1.54) is 28.2 Å². The standard InChI is InChI=1S/C22H26N6O3/c1-16-4-3-5-18(12-16)14-26-8-10-27(11-9-26)20(29)6-7-28-15-23-13-19(22(28)30)21-24-17(2)25-31-21/h3-5,12-13,15H,6-11,14H2,1-2H3. The van der Waals surface area contributed by atoms with Gasteiger partial charge in [0.05, 0.1) is 6.33 Å². The molecule has 1 amide bonds. The Morgan fingerprint density at radius 3 is 2.68 bits per heavy atom. The SMILES string of the molecule is Cc1cccc(CN2CCN(C(=O)CCn3cncc(-c4nc(C)no4)c3=O)CC2)c1. The van der Waals surface area contributed by atoms with Crippen molar-refractivity contribution >= 4 is 5.91 Å². The van der Waals surface area contributed by atoms with Gasteiger partial charge in [-0.2, -0.15) is 4.98 Å². The highest BCUT2D eigenvalue weighted by atomic mass is 16.5. The van der Waals surface area contributed by atoms with Gasteiger partial charge in [0.1, 0.15) is 5.56 Å². The van der Waals surface area contributed by atoms with Crippen LogP contribution in [0.2, 0.25) is 0 Å². The summed E-state index contributed by atoms with van der Waals surface area (Å²) >= 11 is 0. The number of benzene rings is 1. The molecule has 3 aromatic rings. The molecular formula is C22H26N6O3. The van der Waals surface area contributed by atoms with Crippen molar-refractivity contribution in [1.29, 1.82) is 0 Å². The molecule has 1 aromatic carbocycles. The van der Waals surface area contributed by atoms with Crippen molar-refractivity contribution in [3.8, 4) is 11.5 Å². The fourth-order valence-electron chi connectivity index (χ4n) is 3.76. The minimum atomic E-state index is -0.297. The Kier molecular flexibility index (Phi) is 6.22. The Hall–Kier alpha value is -3.33. The summed E-state index contributed by atoms with van der Waals surface area (Å²) in [5.41, 5.74) is 2.49. The average molecular weight is 422 g/mol. The molecule has 0 radical (unpaired) electrons. The van der Waals surface area contributed by atoms with E-state index in [1.807, 2.05) is 4.90 Å². The molecule has 1 saturated heterocycles. The van der Waals surface area contributed by atoms with E-state index in [0.29, 0.717) is 18.9 Å². The summed E-state index contributed by atoms with van der Waals surface area (Å²) in [6.07, 6.45) is 3.08. The van der Waals surface area contributed by atoms with Crippen LogP contribution < -0.4 is 5.56 Å². The van der Waals surface area contributed by atoms with Gasteiger partial charge in [-0.1, -0.05) is 35.0 Å². The van der Waals surface area contributed by atoms with Crippen molar-refractivity contribution in [2.75, 3.05) is 26.2 Å². The van der Waals surface area contributed by atoms with Crippen LogP contribution >= 0.6 is 0 Å². The predicted molar refractivity (Wildman–Crippen MR) is 114 cm³/mol. The van der Waals surface area contributed by atoms with E-state index in [9.17, 15) is 9.59 Å². The van der Waals surface area contributed by atoms with Crippen molar-refractivity contribution in [1.82, 2.24) is 29.5 Å². The zero-order valence-electron chi connectivity index (χ0n) is 17.8. The first-order chi connectivity index (χ1) is 15.0. The lowest BCUT2D eigenvalue weighted by atomic mass is 10.1. The molecule has 9 heteroatoms. The molecule has 2 aromatic heterocycles. The first-order valence-electron chi connectivity index (χ1n) is 10.4. The number of nitrogens with zero attached hydrogens (tertiary/aromatic N) is 6. The molecule has 0 saturated carbocycles. The molecule has 3 heterocycles. The molecule has 1 aliphatic rings. The van der Waals surface area contributed by atoms with Crippen LogP contribution in [-0.2, 0) is 17.9 Å². The first-order valence-corrected chi connectivity index (χ1v) is 10.4. The molecule has 31 heavy (non-hydrogen) atoms. The Labute approximate surface area is 180 Å². The molecule has 0 aliphatic carbocycles. The van der Waals surface area contributed by atoms with Crippen LogP contribution in [-0.4, -0.2) is 61.6 Å². The zero-order chi connectivity index (χ0) is 21.8. The fourth-order valence-corrected chi connectivity index (χ4v) is 3.76. The van der Waals surface area contributed by atoms with Crippen molar-refractivity contribution in [3.63, 3.8) is 0 Å². The summed E-state index contributed by atoms with van der Waals surface area (Å²) in [5.74, 6) is 0.628. The average Bonchev–Trinajstić information content (AvgIpc) is 3.19. The van der Waals surface area contributed by atoms with Crippen LogP contribution in [0.1, 0.15) is 23.4 Å². The second-order valence-electron chi connectivity index (χ2n) is 7.85. The third-order valence-corrected chi connectivity index (χ3v) is 5.44. The number of carbonyl (C=O) groups is 1. The van der Waals surface area contributed by atoms with Gasteiger partial charge >= 0.3 is 0 Å². The van der Waals surface area contributed by atoms with Gasteiger partial charge in [-0.3, -0.25) is 19.1 Å². The van der Waals surface area contributed by atoms with Crippen LogP contribution in [0.5, 0.6) is 0 Å². The molecule has 4 rings (SSSR count). The van der Waals surface area contributed by atoms with Crippen molar-refractivity contribution in [2.45, 2.75) is 33.4 Å². The van der Waals surface area contributed by atoms with E-state index in [-0.39, 0.29) is 35.9 Å². The smallest absolute Gasteiger partial charge is 0.266 e. The van der Waals surface area contributed by atoms with E-state index in [4.69, 9.17) is 4.52 Å². The summed E-state index contributed by atoms with van der Waals surface area (Å²) in [6, 6.07) is 8.52. The van der Waals surface area contributed by atoms with Crippen LogP contribution in [0, 0.1) is 13.8 Å². The second-order valence-corrected chi connectivity index (χ2v) is 7.85. The van der Waals surface area contributed by atoms with Gasteiger partial charge in [-0.15, -0.1) is 0 Å². The number of carbonyl (C=O) groups excluding carboxylic acids is 1. The summed E-state index contributed by atoms with van der Waals surface area (Å²) < 4.78 is 6.49. The Bertz CT molecular complexity index is 1110. The maximum Gasteiger partial charge on any atom is 0.266 e. The van der Waals surface area contributed by atoms with E-state index in [1.54, 1.807) is 6.92 Å². The van der Waals surface area contributed by atoms with Crippen LogP contribution in [0.4, 0.5) is 0 Å². The molecule has 0 unspecified atom stereocenters. The maximum atomic E-state index is 12.7.